The maximum absolute atomic E-state index is 13.0. The van der Waals surface area contributed by atoms with Crippen LogP contribution in [0.2, 0.25) is 5.02 Å². The first-order chi connectivity index (χ1) is 15.0. The van der Waals surface area contributed by atoms with Gasteiger partial charge < -0.3 is 10.2 Å². The molecular weight excluding hydrogens is 428 g/mol. The fourth-order valence-corrected chi connectivity index (χ4v) is 6.08. The number of carbonyl (C=O) groups excluding carboxylic acids is 2. The number of hydrogen-bond donors (Lipinski definition) is 1. The molecule has 4 nitrogen and oxygen atoms in total. The fraction of sp³-hybridized carbons (Fsp3) is 0.360. The van der Waals surface area contributed by atoms with Gasteiger partial charge in [-0.05, 0) is 55.0 Å². The Kier molecular flexibility index (Phi) is 7.03. The minimum Gasteiger partial charge on any atom is -0.356 e. The van der Waals surface area contributed by atoms with Crippen molar-refractivity contribution in [3.63, 3.8) is 0 Å². The Hall–Kier alpha value is -2.24. The van der Waals surface area contributed by atoms with Crippen LogP contribution in [0.25, 0.3) is 6.08 Å². The smallest absolute Gasteiger partial charge is 0.260 e. The van der Waals surface area contributed by atoms with E-state index in [-0.39, 0.29) is 23.8 Å². The van der Waals surface area contributed by atoms with E-state index in [0.29, 0.717) is 16.8 Å². The molecule has 0 spiro atoms. The zero-order valence-electron chi connectivity index (χ0n) is 17.6. The van der Waals surface area contributed by atoms with E-state index in [0.717, 1.165) is 36.2 Å². The monoisotopic (exact) mass is 454 g/mol. The van der Waals surface area contributed by atoms with Gasteiger partial charge in [0.2, 0.25) is 5.91 Å². The number of fused-ring (bicyclic) bond motifs is 1. The highest BCUT2D eigenvalue weighted by molar-refractivity contribution is 8.04. The van der Waals surface area contributed by atoms with Crippen LogP contribution < -0.4 is 5.32 Å². The standard InChI is InChI=1S/C25H27ClN2O2S/c1-28-21-16-19(24(29)27-13-12-17-6-3-2-4-7-17)10-11-22(21)31-23(25(28)30)15-18-8-5-9-20(26)14-18/h2-9,14-15,19,21-22H,10-13,16H2,1H3,(H,27,29)/b23-15-. The molecule has 2 aromatic rings. The summed E-state index contributed by atoms with van der Waals surface area (Å²) in [5.41, 5.74) is 2.15. The van der Waals surface area contributed by atoms with Crippen LogP contribution in [0, 0.1) is 5.92 Å². The first-order valence-corrected chi connectivity index (χ1v) is 12.0. The van der Waals surface area contributed by atoms with Crippen molar-refractivity contribution >= 4 is 41.3 Å². The summed E-state index contributed by atoms with van der Waals surface area (Å²) >= 11 is 7.74. The summed E-state index contributed by atoms with van der Waals surface area (Å²) < 4.78 is 0. The van der Waals surface area contributed by atoms with Crippen LogP contribution in [0.5, 0.6) is 0 Å². The Morgan fingerprint density at radius 1 is 1.19 bits per heavy atom. The highest BCUT2D eigenvalue weighted by Gasteiger charge is 2.42. The third-order valence-electron chi connectivity index (χ3n) is 6.13. The van der Waals surface area contributed by atoms with E-state index in [9.17, 15) is 9.59 Å². The molecule has 1 N–H and O–H groups in total. The van der Waals surface area contributed by atoms with Gasteiger partial charge in [0.1, 0.15) is 0 Å². The molecule has 4 rings (SSSR count). The number of benzene rings is 2. The molecule has 0 aromatic heterocycles. The normalized spacial score (nSPS) is 24.7. The zero-order valence-corrected chi connectivity index (χ0v) is 19.2. The van der Waals surface area contributed by atoms with Gasteiger partial charge in [-0.25, -0.2) is 0 Å². The number of hydrogen-bond acceptors (Lipinski definition) is 3. The van der Waals surface area contributed by atoms with Crippen molar-refractivity contribution in [1.82, 2.24) is 10.2 Å². The fourth-order valence-electron chi connectivity index (χ4n) is 4.40. The number of likely N-dealkylation sites (N-methyl/N-ethyl adjacent to an activating group) is 1. The average Bonchev–Trinajstić information content (AvgIpc) is 2.78. The van der Waals surface area contributed by atoms with Crippen LogP contribution in [0.1, 0.15) is 30.4 Å². The third-order valence-corrected chi connectivity index (χ3v) is 7.77. The van der Waals surface area contributed by atoms with Gasteiger partial charge in [-0.2, -0.15) is 0 Å². The Morgan fingerprint density at radius 2 is 2.00 bits per heavy atom. The zero-order chi connectivity index (χ0) is 21.8. The largest absolute Gasteiger partial charge is 0.356 e. The van der Waals surface area contributed by atoms with Gasteiger partial charge in [0.15, 0.2) is 0 Å². The minimum absolute atomic E-state index is 0.0244. The van der Waals surface area contributed by atoms with Crippen molar-refractivity contribution in [2.45, 2.75) is 37.0 Å². The molecule has 1 heterocycles. The third kappa shape index (κ3) is 5.34. The molecule has 1 aliphatic carbocycles. The van der Waals surface area contributed by atoms with E-state index >= 15 is 0 Å². The summed E-state index contributed by atoms with van der Waals surface area (Å²) in [5.74, 6) is 0.100. The van der Waals surface area contributed by atoms with Crippen molar-refractivity contribution in [2.75, 3.05) is 13.6 Å². The minimum atomic E-state index is -0.0358. The predicted octanol–water partition coefficient (Wildman–Crippen LogP) is 4.78. The lowest BCUT2D eigenvalue weighted by molar-refractivity contribution is -0.131. The number of halogens is 1. The average molecular weight is 455 g/mol. The van der Waals surface area contributed by atoms with Gasteiger partial charge in [-0.3, -0.25) is 9.59 Å². The van der Waals surface area contributed by atoms with E-state index in [1.807, 2.05) is 60.5 Å². The lowest BCUT2D eigenvalue weighted by Gasteiger charge is -2.44. The topological polar surface area (TPSA) is 49.4 Å². The first-order valence-electron chi connectivity index (χ1n) is 10.7. The molecule has 1 saturated heterocycles. The summed E-state index contributed by atoms with van der Waals surface area (Å²) in [5, 5.41) is 4.08. The molecule has 162 valence electrons. The Labute approximate surface area is 193 Å². The summed E-state index contributed by atoms with van der Waals surface area (Å²) in [6, 6.07) is 17.8. The number of nitrogens with one attached hydrogen (secondary N) is 1. The maximum Gasteiger partial charge on any atom is 0.260 e. The molecular formula is C25H27ClN2O2S. The second-order valence-corrected chi connectivity index (χ2v) is 9.96. The number of amides is 2. The molecule has 1 aliphatic heterocycles. The van der Waals surface area contributed by atoms with E-state index < -0.39 is 0 Å². The van der Waals surface area contributed by atoms with Gasteiger partial charge in [0.05, 0.1) is 4.91 Å². The Bertz CT molecular complexity index is 978. The molecule has 3 unspecified atom stereocenters. The van der Waals surface area contributed by atoms with Crippen LogP contribution in [0.3, 0.4) is 0 Å². The van der Waals surface area contributed by atoms with Crippen molar-refractivity contribution < 1.29 is 9.59 Å². The van der Waals surface area contributed by atoms with E-state index in [1.54, 1.807) is 11.8 Å². The summed E-state index contributed by atoms with van der Waals surface area (Å²) in [4.78, 5) is 28.3. The maximum atomic E-state index is 13.0. The molecule has 2 amide bonds. The SMILES string of the molecule is CN1C(=O)/C(=C/c2cccc(Cl)c2)SC2CCC(C(=O)NCCc3ccccc3)CC21. The molecule has 0 radical (unpaired) electrons. The quantitative estimate of drug-likeness (QED) is 0.661. The first kappa shape index (κ1) is 22.0. The van der Waals surface area contributed by atoms with Gasteiger partial charge >= 0.3 is 0 Å². The molecule has 31 heavy (non-hydrogen) atoms. The second kappa shape index (κ2) is 9.92. The van der Waals surface area contributed by atoms with Gasteiger partial charge in [0, 0.05) is 35.8 Å². The second-order valence-electron chi connectivity index (χ2n) is 8.24. The lowest BCUT2D eigenvalue weighted by atomic mass is 9.83. The lowest BCUT2D eigenvalue weighted by Crippen LogP contribution is -2.52. The van der Waals surface area contributed by atoms with Gasteiger partial charge in [0.25, 0.3) is 5.91 Å². The molecule has 2 aliphatic rings. The highest BCUT2D eigenvalue weighted by atomic mass is 35.5. The molecule has 2 aromatic carbocycles. The van der Waals surface area contributed by atoms with Crippen molar-refractivity contribution in [3.8, 4) is 0 Å². The van der Waals surface area contributed by atoms with Crippen LogP contribution >= 0.6 is 23.4 Å². The number of carbonyl (C=O) groups is 2. The number of rotatable bonds is 5. The van der Waals surface area contributed by atoms with Crippen molar-refractivity contribution in [1.29, 1.82) is 0 Å². The molecule has 1 saturated carbocycles. The summed E-state index contributed by atoms with van der Waals surface area (Å²) in [6.45, 7) is 0.642. The molecule has 0 bridgehead atoms. The predicted molar refractivity (Wildman–Crippen MR) is 128 cm³/mol. The van der Waals surface area contributed by atoms with Crippen LogP contribution in [-0.4, -0.2) is 41.6 Å². The van der Waals surface area contributed by atoms with Crippen molar-refractivity contribution in [2.24, 2.45) is 5.92 Å². The van der Waals surface area contributed by atoms with Crippen LogP contribution in [0.4, 0.5) is 0 Å². The van der Waals surface area contributed by atoms with Crippen LogP contribution in [-0.2, 0) is 16.0 Å². The Balaban J connectivity index is 1.35. The van der Waals surface area contributed by atoms with Crippen molar-refractivity contribution in [3.05, 3.63) is 75.7 Å². The molecule has 2 fully saturated rings. The number of thioether (sulfide) groups is 1. The van der Waals surface area contributed by atoms with Gasteiger partial charge in [-0.15, -0.1) is 11.8 Å². The highest BCUT2D eigenvalue weighted by Crippen LogP contribution is 2.43. The molecule has 6 heteroatoms. The number of nitrogens with zero attached hydrogens (tertiary/aromatic N) is 1. The summed E-state index contributed by atoms with van der Waals surface area (Å²) in [7, 11) is 1.86. The van der Waals surface area contributed by atoms with E-state index in [4.69, 9.17) is 11.6 Å². The van der Waals surface area contributed by atoms with E-state index in [1.165, 1.54) is 5.56 Å². The van der Waals surface area contributed by atoms with Gasteiger partial charge in [-0.1, -0.05) is 54.1 Å². The van der Waals surface area contributed by atoms with Crippen LogP contribution in [0.15, 0.2) is 59.5 Å². The van der Waals surface area contributed by atoms with E-state index in [2.05, 4.69) is 17.4 Å². The summed E-state index contributed by atoms with van der Waals surface area (Å²) in [6.07, 6.45) is 5.27. The molecule has 3 atom stereocenters. The Morgan fingerprint density at radius 3 is 2.77 bits per heavy atom.